The number of halogens is 8. The highest BCUT2D eigenvalue weighted by Crippen LogP contribution is 2.45. The quantitative estimate of drug-likeness (QED) is 0.359. The Morgan fingerprint density at radius 3 is 2.42 bits per heavy atom. The number of thioether (sulfide) groups is 1. The minimum Gasteiger partial charge on any atom is -0.295 e. The largest absolute Gasteiger partial charge is 0.460 e. The molecule has 0 radical (unpaired) electrons. The first-order chi connectivity index (χ1) is 15.2. The molecule has 0 aliphatic rings. The van der Waals surface area contributed by atoms with Crippen LogP contribution in [-0.4, -0.2) is 42.8 Å². The summed E-state index contributed by atoms with van der Waals surface area (Å²) in [5.74, 6) is -5.83. The van der Waals surface area contributed by atoms with E-state index < -0.39 is 40.0 Å². The Bertz CT molecular complexity index is 1160. The van der Waals surface area contributed by atoms with E-state index in [0.29, 0.717) is 5.75 Å². The molecular formula is C16H10F8N6OS2. The first-order valence-corrected chi connectivity index (χ1v) is 10.4. The molecule has 0 bridgehead atoms. The van der Waals surface area contributed by atoms with E-state index in [-0.39, 0.29) is 27.6 Å². The van der Waals surface area contributed by atoms with Gasteiger partial charge in [0.1, 0.15) is 5.69 Å². The van der Waals surface area contributed by atoms with Crippen LogP contribution in [0.1, 0.15) is 28.1 Å². The maximum absolute atomic E-state index is 13.4. The van der Waals surface area contributed by atoms with Crippen LogP contribution in [0, 0.1) is 0 Å². The number of hydrogen-bond donors (Lipinski definition) is 1. The van der Waals surface area contributed by atoms with Crippen LogP contribution < -0.4 is 5.32 Å². The van der Waals surface area contributed by atoms with Gasteiger partial charge in [-0.3, -0.25) is 10.1 Å². The van der Waals surface area contributed by atoms with Crippen molar-refractivity contribution in [2.45, 2.75) is 30.1 Å². The molecule has 0 aliphatic heterocycles. The summed E-state index contributed by atoms with van der Waals surface area (Å²) in [6.07, 6.45) is -8.47. The molecule has 0 unspecified atom stereocenters. The Hall–Kier alpha value is -2.82. The third-order valence-corrected chi connectivity index (χ3v) is 5.59. The second-order valence-corrected chi connectivity index (χ2v) is 8.34. The molecular weight excluding hydrogens is 508 g/mol. The third-order valence-electron chi connectivity index (χ3n) is 3.77. The van der Waals surface area contributed by atoms with Crippen molar-refractivity contribution in [2.24, 2.45) is 0 Å². The number of anilines is 1. The molecule has 0 spiro atoms. The Morgan fingerprint density at radius 1 is 1.15 bits per heavy atom. The molecule has 1 N–H and O–H groups in total. The van der Waals surface area contributed by atoms with Crippen molar-refractivity contribution in [3.05, 3.63) is 40.9 Å². The molecule has 3 rings (SSSR count). The van der Waals surface area contributed by atoms with E-state index in [9.17, 15) is 39.9 Å². The fraction of sp³-hybridized carbons (Fsp3) is 0.312. The maximum Gasteiger partial charge on any atom is 0.460 e. The van der Waals surface area contributed by atoms with Gasteiger partial charge < -0.3 is 0 Å². The van der Waals surface area contributed by atoms with Crippen molar-refractivity contribution in [2.75, 3.05) is 11.1 Å². The number of amides is 1. The summed E-state index contributed by atoms with van der Waals surface area (Å²) >= 11 is 0.921. The Morgan fingerprint density at radius 2 is 1.85 bits per heavy atom. The average Bonchev–Trinajstić information content (AvgIpc) is 3.37. The van der Waals surface area contributed by atoms with Gasteiger partial charge in [0.15, 0.2) is 10.7 Å². The van der Waals surface area contributed by atoms with E-state index >= 15 is 0 Å². The van der Waals surface area contributed by atoms with Crippen molar-refractivity contribution in [1.29, 1.82) is 0 Å². The van der Waals surface area contributed by atoms with E-state index in [2.05, 4.69) is 20.3 Å². The Kier molecular flexibility index (Phi) is 6.65. The molecule has 1 amide bonds. The average molecular weight is 518 g/mol. The molecule has 0 atom stereocenters. The van der Waals surface area contributed by atoms with Gasteiger partial charge in [-0.05, 0) is 17.9 Å². The highest BCUT2D eigenvalue weighted by Gasteiger charge is 2.61. The fourth-order valence-electron chi connectivity index (χ4n) is 2.29. The lowest BCUT2D eigenvalue weighted by Gasteiger charge is -2.15. The van der Waals surface area contributed by atoms with E-state index in [4.69, 9.17) is 0 Å². The summed E-state index contributed by atoms with van der Waals surface area (Å²) in [5, 5.41) is 9.08. The van der Waals surface area contributed by atoms with Crippen molar-refractivity contribution in [3.8, 4) is 5.69 Å². The molecule has 33 heavy (non-hydrogen) atoms. The second kappa shape index (κ2) is 8.85. The second-order valence-electron chi connectivity index (χ2n) is 6.06. The van der Waals surface area contributed by atoms with E-state index in [1.165, 1.54) is 6.07 Å². The highest BCUT2D eigenvalue weighted by molar-refractivity contribution is 7.99. The molecule has 0 fully saturated rings. The van der Waals surface area contributed by atoms with Gasteiger partial charge in [-0.25, -0.2) is 9.67 Å². The first kappa shape index (κ1) is 24.8. The summed E-state index contributed by atoms with van der Waals surface area (Å²) in [5.41, 5.74) is -1.30. The predicted octanol–water partition coefficient (Wildman–Crippen LogP) is 5.16. The molecule has 3 aromatic rings. The van der Waals surface area contributed by atoms with Gasteiger partial charge in [-0.2, -0.15) is 40.2 Å². The zero-order valence-electron chi connectivity index (χ0n) is 16.0. The van der Waals surface area contributed by atoms with Crippen LogP contribution in [0.2, 0.25) is 0 Å². The molecule has 3 heterocycles. The monoisotopic (exact) mass is 518 g/mol. The minimum atomic E-state index is -5.89. The van der Waals surface area contributed by atoms with Gasteiger partial charge >= 0.3 is 18.3 Å². The summed E-state index contributed by atoms with van der Waals surface area (Å²) < 4.78 is 103. The fourth-order valence-corrected chi connectivity index (χ4v) is 3.82. The summed E-state index contributed by atoms with van der Waals surface area (Å²) in [6, 6.07) is 2.07. The smallest absolute Gasteiger partial charge is 0.295 e. The van der Waals surface area contributed by atoms with Crippen LogP contribution in [0.4, 0.5) is 40.3 Å². The molecule has 0 saturated heterocycles. The summed E-state index contributed by atoms with van der Waals surface area (Å²) in [4.78, 5) is 16.6. The van der Waals surface area contributed by atoms with Crippen molar-refractivity contribution < 1.29 is 39.9 Å². The number of nitrogens with one attached hydrogen (secondary N) is 1. The highest BCUT2D eigenvalue weighted by atomic mass is 32.2. The number of hydrogen-bond acceptors (Lipinski definition) is 7. The number of aromatic nitrogens is 5. The van der Waals surface area contributed by atoms with Crippen molar-refractivity contribution in [3.63, 3.8) is 0 Å². The van der Waals surface area contributed by atoms with Gasteiger partial charge in [0.25, 0.3) is 5.91 Å². The van der Waals surface area contributed by atoms with Crippen LogP contribution in [0.15, 0.2) is 29.4 Å². The molecule has 3 aromatic heterocycles. The van der Waals surface area contributed by atoms with Crippen LogP contribution in [-0.2, 0) is 12.1 Å². The number of carbonyl (C=O) groups is 1. The van der Waals surface area contributed by atoms with Gasteiger partial charge in [-0.1, -0.05) is 18.3 Å². The number of nitrogens with zero attached hydrogens (tertiary/aromatic N) is 5. The molecule has 0 saturated carbocycles. The maximum atomic E-state index is 13.4. The van der Waals surface area contributed by atoms with Crippen LogP contribution in [0.5, 0.6) is 0 Å². The van der Waals surface area contributed by atoms with Crippen molar-refractivity contribution in [1.82, 2.24) is 25.0 Å². The molecule has 178 valence electrons. The number of rotatable bonds is 6. The molecule has 0 aromatic carbocycles. The molecule has 7 nitrogen and oxygen atoms in total. The molecule has 17 heteroatoms. The first-order valence-electron chi connectivity index (χ1n) is 8.60. The SMILES string of the molecule is CCSc1cc(-n2ccc(C(F)(F)F)n2)cnc1C(=O)Nc1nnc(C(F)(F)C(F)(F)F)s1. The van der Waals surface area contributed by atoms with Crippen LogP contribution in [0.25, 0.3) is 5.69 Å². The topological polar surface area (TPSA) is 85.6 Å². The van der Waals surface area contributed by atoms with Gasteiger partial charge in [0.2, 0.25) is 5.13 Å². The molecule has 0 aliphatic carbocycles. The Labute approximate surface area is 187 Å². The van der Waals surface area contributed by atoms with E-state index in [0.717, 1.165) is 34.9 Å². The third kappa shape index (κ3) is 5.23. The summed E-state index contributed by atoms with van der Waals surface area (Å²) in [6.45, 7) is 1.71. The van der Waals surface area contributed by atoms with Crippen molar-refractivity contribution >= 4 is 34.1 Å². The minimum absolute atomic E-state index is 0.0982. The van der Waals surface area contributed by atoms with Gasteiger partial charge in [0.05, 0.1) is 11.9 Å². The lowest BCUT2D eigenvalue weighted by atomic mass is 10.3. The number of carbonyl (C=O) groups excluding carboxylic acids is 1. The van der Waals surface area contributed by atoms with Crippen LogP contribution >= 0.6 is 23.1 Å². The standard InChI is InChI=1S/C16H10F8N6OS2/c1-2-32-8-5-7(30-4-3-9(29-30)15(19,20)21)6-25-10(8)11(31)26-13-28-27-12(33-13)14(17,18)16(22,23)24/h3-6H,2H2,1H3,(H,26,28,31). The van der Waals surface area contributed by atoms with Gasteiger partial charge in [0, 0.05) is 11.1 Å². The number of pyridine rings is 1. The van der Waals surface area contributed by atoms with Gasteiger partial charge in [-0.15, -0.1) is 22.0 Å². The zero-order valence-corrected chi connectivity index (χ0v) is 17.6. The van der Waals surface area contributed by atoms with E-state index in [1.54, 1.807) is 6.92 Å². The van der Waals surface area contributed by atoms with Crippen LogP contribution in [0.3, 0.4) is 0 Å². The summed E-state index contributed by atoms with van der Waals surface area (Å²) in [7, 11) is 0. The van der Waals surface area contributed by atoms with E-state index in [1.807, 2.05) is 5.32 Å². The Balaban J connectivity index is 1.86. The lowest BCUT2D eigenvalue weighted by molar-refractivity contribution is -0.289. The number of alkyl halides is 8. The predicted molar refractivity (Wildman–Crippen MR) is 101 cm³/mol. The lowest BCUT2D eigenvalue weighted by Crippen LogP contribution is -2.33. The zero-order chi connectivity index (χ0) is 24.6. The normalized spacial score (nSPS) is 12.8.